The first kappa shape index (κ1) is 10.8. The third kappa shape index (κ3) is 8.79. The van der Waals surface area contributed by atoms with Gasteiger partial charge in [0.05, 0.1) is 0 Å². The van der Waals surface area contributed by atoms with Crippen LogP contribution < -0.4 is 0 Å². The van der Waals surface area contributed by atoms with Gasteiger partial charge in [0.2, 0.25) is 0 Å². The zero-order valence-electron chi connectivity index (χ0n) is 7.36. The molecular weight excluding hydrogens is 236 g/mol. The third-order valence-corrected chi connectivity index (χ3v) is 4.83. The zero-order chi connectivity index (χ0) is 7.66. The van der Waals surface area contributed by atoms with E-state index in [9.17, 15) is 0 Å². The molecule has 0 aromatic heterocycles. The molecule has 0 radical (unpaired) electrons. The van der Waals surface area contributed by atoms with Crippen LogP contribution in [0.25, 0.3) is 0 Å². The van der Waals surface area contributed by atoms with Gasteiger partial charge in [-0.2, -0.15) is 0 Å². The van der Waals surface area contributed by atoms with E-state index in [4.69, 9.17) is 0 Å². The van der Waals surface area contributed by atoms with Crippen molar-refractivity contribution >= 4 is 20.9 Å². The van der Waals surface area contributed by atoms with E-state index >= 15 is 0 Å². The average molecular weight is 256 g/mol. The van der Waals surface area contributed by atoms with Crippen LogP contribution in [0.1, 0.15) is 46.0 Å². The quantitative estimate of drug-likeness (QED) is 0.482. The van der Waals surface area contributed by atoms with Crippen LogP contribution >= 0.6 is 0 Å². The van der Waals surface area contributed by atoms with Crippen molar-refractivity contribution in [2.45, 2.75) is 54.9 Å². The maximum atomic E-state index is 2.29. The van der Waals surface area contributed by atoms with Gasteiger partial charge in [-0.15, -0.1) is 0 Å². The summed E-state index contributed by atoms with van der Waals surface area (Å²) in [6.45, 7) is 4.58. The molecule has 0 atom stereocenters. The fourth-order valence-corrected chi connectivity index (χ4v) is 3.96. The van der Waals surface area contributed by atoms with Crippen molar-refractivity contribution in [1.29, 1.82) is 0 Å². The van der Waals surface area contributed by atoms with E-state index in [0.29, 0.717) is 20.9 Å². The van der Waals surface area contributed by atoms with Crippen LogP contribution in [0.2, 0.25) is 8.94 Å². The zero-order valence-corrected chi connectivity index (χ0v) is 9.69. The molecule has 10 heavy (non-hydrogen) atoms. The third-order valence-electron chi connectivity index (χ3n) is 1.53. The summed E-state index contributed by atoms with van der Waals surface area (Å²) in [6, 6.07) is 0. The molecule has 1 heteroatoms. The number of hydrogen-bond donors (Lipinski definition) is 0. The Morgan fingerprint density at radius 2 is 1.40 bits per heavy atom. The molecule has 0 aliphatic rings. The Bertz CT molecular complexity index is 44.7. The fraction of sp³-hybridized carbons (Fsp3) is 1.00. The summed E-state index contributed by atoms with van der Waals surface area (Å²) in [5.41, 5.74) is 0. The second-order valence-corrected chi connectivity index (χ2v) is 6.17. The second-order valence-electron chi connectivity index (χ2n) is 2.67. The molecule has 0 saturated carbocycles. The molecule has 0 saturated heterocycles. The molecule has 0 unspecified atom stereocenters. The Morgan fingerprint density at radius 3 is 2.00 bits per heavy atom. The first-order valence-corrected chi connectivity index (χ1v) is 7.79. The van der Waals surface area contributed by atoms with E-state index in [1.807, 2.05) is 0 Å². The van der Waals surface area contributed by atoms with Gasteiger partial charge in [0.15, 0.2) is 0 Å². The Hall–Kier alpha value is 0.790. The molecule has 0 aliphatic carbocycles. The first-order chi connectivity index (χ1) is 4.91. The van der Waals surface area contributed by atoms with Crippen LogP contribution in [0, 0.1) is 0 Å². The van der Waals surface area contributed by atoms with Crippen LogP contribution in [0.4, 0.5) is 0 Å². The van der Waals surface area contributed by atoms with Gasteiger partial charge in [-0.05, 0) is 0 Å². The van der Waals surface area contributed by atoms with E-state index in [1.165, 1.54) is 32.1 Å². The number of hydrogen-bond acceptors (Lipinski definition) is 0. The molecule has 0 amide bonds. The Morgan fingerprint density at radius 1 is 0.800 bits per heavy atom. The molecule has 0 bridgehead atoms. The first-order valence-electron chi connectivity index (χ1n) is 4.49. The van der Waals surface area contributed by atoms with Crippen molar-refractivity contribution in [2.24, 2.45) is 0 Å². The van der Waals surface area contributed by atoms with Gasteiger partial charge >= 0.3 is 75.8 Å². The van der Waals surface area contributed by atoms with Crippen molar-refractivity contribution < 1.29 is 0 Å². The minimum atomic E-state index is 0.450. The maximum absolute atomic E-state index is 2.29. The summed E-state index contributed by atoms with van der Waals surface area (Å²) in [7, 11) is 0. The predicted molar refractivity (Wildman–Crippen MR) is 49.8 cm³/mol. The van der Waals surface area contributed by atoms with Gasteiger partial charge in [0.25, 0.3) is 0 Å². The molecule has 0 spiro atoms. The van der Waals surface area contributed by atoms with E-state index in [-0.39, 0.29) is 0 Å². The normalized spacial score (nSPS) is 10.2. The molecule has 0 fully saturated rings. The van der Waals surface area contributed by atoms with E-state index in [0.717, 1.165) is 0 Å². The molecular formula is C9H20Te. The summed E-state index contributed by atoms with van der Waals surface area (Å²) < 4.78 is 3.18. The number of unbranched alkanes of at least 4 members (excludes halogenated alkanes) is 3. The summed E-state index contributed by atoms with van der Waals surface area (Å²) >= 11 is 0.450. The van der Waals surface area contributed by atoms with Crippen LogP contribution in [0.15, 0.2) is 0 Å². The van der Waals surface area contributed by atoms with Crippen LogP contribution in [-0.4, -0.2) is 20.9 Å². The molecule has 0 nitrogen and oxygen atoms in total. The second kappa shape index (κ2) is 9.79. The molecule has 0 heterocycles. The molecule has 0 aromatic rings. The Kier molecular flexibility index (Phi) is 10.6. The topological polar surface area (TPSA) is 0 Å². The van der Waals surface area contributed by atoms with Crippen LogP contribution in [0.5, 0.6) is 0 Å². The fourth-order valence-electron chi connectivity index (χ4n) is 0.803. The van der Waals surface area contributed by atoms with E-state index in [1.54, 1.807) is 8.94 Å². The summed E-state index contributed by atoms with van der Waals surface area (Å²) in [5, 5.41) is 0. The van der Waals surface area contributed by atoms with Crippen molar-refractivity contribution in [2.75, 3.05) is 0 Å². The molecule has 0 aliphatic heterocycles. The van der Waals surface area contributed by atoms with E-state index in [2.05, 4.69) is 13.8 Å². The van der Waals surface area contributed by atoms with Crippen molar-refractivity contribution in [1.82, 2.24) is 0 Å². The van der Waals surface area contributed by atoms with Gasteiger partial charge in [-0.1, -0.05) is 0 Å². The van der Waals surface area contributed by atoms with Gasteiger partial charge in [0, 0.05) is 0 Å². The van der Waals surface area contributed by atoms with Gasteiger partial charge in [-0.25, -0.2) is 0 Å². The number of rotatable bonds is 7. The minimum absolute atomic E-state index is 0.450. The Labute approximate surface area is 75.9 Å². The monoisotopic (exact) mass is 258 g/mol. The molecule has 62 valence electrons. The molecule has 0 N–H and O–H groups in total. The van der Waals surface area contributed by atoms with Crippen molar-refractivity contribution in [3.8, 4) is 0 Å². The average Bonchev–Trinajstić information content (AvgIpc) is 1.97. The Balaban J connectivity index is 2.65. The van der Waals surface area contributed by atoms with Gasteiger partial charge in [0.1, 0.15) is 0 Å². The predicted octanol–water partition coefficient (Wildman–Crippen LogP) is 3.52. The summed E-state index contributed by atoms with van der Waals surface area (Å²) in [6.07, 6.45) is 7.27. The molecule has 0 aromatic carbocycles. The standard InChI is InChI=1S/C9H20Te/c1-3-5-7-9-10-8-6-4-2/h3-9H2,1-2H3. The van der Waals surface area contributed by atoms with Crippen molar-refractivity contribution in [3.05, 3.63) is 0 Å². The van der Waals surface area contributed by atoms with Crippen molar-refractivity contribution in [3.63, 3.8) is 0 Å². The van der Waals surface area contributed by atoms with Gasteiger partial charge in [-0.3, -0.25) is 0 Å². The van der Waals surface area contributed by atoms with Crippen LogP contribution in [-0.2, 0) is 0 Å². The summed E-state index contributed by atoms with van der Waals surface area (Å²) in [4.78, 5) is 0. The van der Waals surface area contributed by atoms with E-state index < -0.39 is 0 Å². The van der Waals surface area contributed by atoms with Gasteiger partial charge < -0.3 is 0 Å². The summed E-state index contributed by atoms with van der Waals surface area (Å²) in [5.74, 6) is 0. The van der Waals surface area contributed by atoms with Crippen LogP contribution in [0.3, 0.4) is 0 Å². The molecule has 0 rings (SSSR count). The SMILES string of the molecule is CCCCC[Te]CCCC.